The first-order chi connectivity index (χ1) is 5.70. The molecule has 2 N–H and O–H groups in total. The van der Waals surface area contributed by atoms with E-state index in [1.807, 2.05) is 14.0 Å². The van der Waals surface area contributed by atoms with E-state index >= 15 is 0 Å². The molecule has 0 atom stereocenters. The van der Waals surface area contributed by atoms with Crippen molar-refractivity contribution in [2.45, 2.75) is 6.92 Å². The fraction of sp³-hybridized carbons (Fsp3) is 0.250. The van der Waals surface area contributed by atoms with Crippen molar-refractivity contribution in [3.05, 3.63) is 18.1 Å². The van der Waals surface area contributed by atoms with Crippen LogP contribution in [0.25, 0.3) is 10.9 Å². The Labute approximate surface area is 70.0 Å². The Bertz CT molecular complexity index is 430. The summed E-state index contributed by atoms with van der Waals surface area (Å²) in [6.07, 6.45) is 3.55. The number of hydrogen-bond acceptors (Lipinski definition) is 3. The van der Waals surface area contributed by atoms with E-state index in [9.17, 15) is 0 Å². The predicted octanol–water partition coefficient (Wildman–Crippen LogP) is 0.859. The third-order valence-corrected chi connectivity index (χ3v) is 2.01. The molecule has 0 aliphatic carbocycles. The molecular weight excluding hydrogens is 152 g/mol. The fourth-order valence-electron chi connectivity index (χ4n) is 1.29. The van der Waals surface area contributed by atoms with E-state index in [2.05, 4.69) is 10.1 Å². The first kappa shape index (κ1) is 7.09. The van der Waals surface area contributed by atoms with Gasteiger partial charge in [-0.25, -0.2) is 0 Å². The van der Waals surface area contributed by atoms with E-state index in [4.69, 9.17) is 5.73 Å². The zero-order valence-corrected chi connectivity index (χ0v) is 7.07. The van der Waals surface area contributed by atoms with Crippen molar-refractivity contribution in [1.29, 1.82) is 0 Å². The zero-order chi connectivity index (χ0) is 8.72. The molecule has 0 amide bonds. The molecule has 2 rings (SSSR count). The fourth-order valence-corrected chi connectivity index (χ4v) is 1.29. The topological polar surface area (TPSA) is 56.7 Å². The zero-order valence-electron chi connectivity index (χ0n) is 7.07. The van der Waals surface area contributed by atoms with Crippen LogP contribution in [-0.4, -0.2) is 14.8 Å². The van der Waals surface area contributed by atoms with Gasteiger partial charge in [-0.3, -0.25) is 9.67 Å². The largest absolute Gasteiger partial charge is 0.395 e. The van der Waals surface area contributed by atoms with Gasteiger partial charge >= 0.3 is 0 Å². The molecule has 2 aromatic heterocycles. The highest BCUT2D eigenvalue weighted by Gasteiger charge is 2.05. The SMILES string of the molecule is Cc1ncc2cnn(C)c2c1N. The van der Waals surface area contributed by atoms with Crippen LogP contribution in [0.1, 0.15) is 5.69 Å². The highest BCUT2D eigenvalue weighted by Crippen LogP contribution is 2.20. The first-order valence-corrected chi connectivity index (χ1v) is 3.73. The number of rotatable bonds is 0. The van der Waals surface area contributed by atoms with Crippen LogP contribution >= 0.6 is 0 Å². The molecule has 0 radical (unpaired) electrons. The maximum Gasteiger partial charge on any atom is 0.0942 e. The summed E-state index contributed by atoms with van der Waals surface area (Å²) in [6, 6.07) is 0. The van der Waals surface area contributed by atoms with Gasteiger partial charge in [0.15, 0.2) is 0 Å². The number of pyridine rings is 1. The summed E-state index contributed by atoms with van der Waals surface area (Å²) < 4.78 is 1.76. The number of hydrogen-bond donors (Lipinski definition) is 1. The third kappa shape index (κ3) is 0.777. The molecule has 0 unspecified atom stereocenters. The quantitative estimate of drug-likeness (QED) is 0.625. The number of nitrogen functional groups attached to an aromatic ring is 1. The summed E-state index contributed by atoms with van der Waals surface area (Å²) in [5.74, 6) is 0. The van der Waals surface area contributed by atoms with E-state index in [1.165, 1.54) is 0 Å². The Morgan fingerprint density at radius 2 is 2.17 bits per heavy atom. The van der Waals surface area contributed by atoms with Crippen molar-refractivity contribution < 1.29 is 0 Å². The molecule has 0 saturated heterocycles. The molecule has 0 aromatic carbocycles. The van der Waals surface area contributed by atoms with Crippen LogP contribution in [0.3, 0.4) is 0 Å². The molecule has 4 heteroatoms. The number of aryl methyl sites for hydroxylation is 2. The average Bonchev–Trinajstić information content (AvgIpc) is 2.41. The summed E-state index contributed by atoms with van der Waals surface area (Å²) in [7, 11) is 1.87. The van der Waals surface area contributed by atoms with Crippen molar-refractivity contribution in [1.82, 2.24) is 14.8 Å². The van der Waals surface area contributed by atoms with Gasteiger partial charge in [-0.1, -0.05) is 0 Å². The van der Waals surface area contributed by atoms with Crippen molar-refractivity contribution in [2.75, 3.05) is 5.73 Å². The minimum absolute atomic E-state index is 0.715. The molecule has 0 fully saturated rings. The van der Waals surface area contributed by atoms with Gasteiger partial charge < -0.3 is 5.73 Å². The smallest absolute Gasteiger partial charge is 0.0942 e. The van der Waals surface area contributed by atoms with Crippen molar-refractivity contribution >= 4 is 16.6 Å². The molecule has 2 aromatic rings. The molecule has 4 nitrogen and oxygen atoms in total. The van der Waals surface area contributed by atoms with Gasteiger partial charge in [0.25, 0.3) is 0 Å². The second-order valence-corrected chi connectivity index (χ2v) is 2.83. The van der Waals surface area contributed by atoms with Crippen LogP contribution in [0, 0.1) is 6.92 Å². The summed E-state index contributed by atoms with van der Waals surface area (Å²) in [4.78, 5) is 4.14. The minimum atomic E-state index is 0.715. The number of nitrogens with zero attached hydrogens (tertiary/aromatic N) is 3. The maximum absolute atomic E-state index is 5.84. The Morgan fingerprint density at radius 3 is 2.92 bits per heavy atom. The van der Waals surface area contributed by atoms with Gasteiger partial charge in [0.1, 0.15) is 0 Å². The number of nitrogens with two attached hydrogens (primary N) is 1. The molecule has 0 spiro atoms. The lowest BCUT2D eigenvalue weighted by Crippen LogP contribution is -1.98. The lowest BCUT2D eigenvalue weighted by atomic mass is 10.2. The third-order valence-electron chi connectivity index (χ3n) is 2.01. The predicted molar refractivity (Wildman–Crippen MR) is 47.7 cm³/mol. The molecule has 12 heavy (non-hydrogen) atoms. The lowest BCUT2D eigenvalue weighted by molar-refractivity contribution is 0.797. The van der Waals surface area contributed by atoms with Crippen molar-refractivity contribution in [2.24, 2.45) is 7.05 Å². The molecule has 0 aliphatic heterocycles. The normalized spacial score (nSPS) is 10.8. The molecular formula is C8H10N4. The number of fused-ring (bicyclic) bond motifs is 1. The summed E-state index contributed by atoms with van der Waals surface area (Å²) in [5, 5.41) is 5.08. The van der Waals surface area contributed by atoms with Crippen molar-refractivity contribution in [3.63, 3.8) is 0 Å². The van der Waals surface area contributed by atoms with Gasteiger partial charge in [0.2, 0.25) is 0 Å². The molecule has 0 aliphatic rings. The Morgan fingerprint density at radius 1 is 1.42 bits per heavy atom. The van der Waals surface area contributed by atoms with Crippen LogP contribution in [0.2, 0.25) is 0 Å². The molecule has 0 saturated carbocycles. The average molecular weight is 162 g/mol. The molecule has 2 heterocycles. The lowest BCUT2D eigenvalue weighted by Gasteiger charge is -2.01. The Kier molecular flexibility index (Phi) is 1.30. The van der Waals surface area contributed by atoms with Crippen LogP contribution in [-0.2, 0) is 7.05 Å². The standard InChI is InChI=1S/C8H10N4/c1-5-7(9)8-6(3-10-5)4-11-12(8)2/h3-4H,9H2,1-2H3. The highest BCUT2D eigenvalue weighted by atomic mass is 15.3. The monoisotopic (exact) mass is 162 g/mol. The van der Waals surface area contributed by atoms with Gasteiger partial charge in [0, 0.05) is 18.6 Å². The van der Waals surface area contributed by atoms with Gasteiger partial charge in [-0.15, -0.1) is 0 Å². The highest BCUT2D eigenvalue weighted by molar-refractivity contribution is 5.89. The number of anilines is 1. The van der Waals surface area contributed by atoms with E-state index in [-0.39, 0.29) is 0 Å². The van der Waals surface area contributed by atoms with Crippen LogP contribution in [0.4, 0.5) is 5.69 Å². The summed E-state index contributed by atoms with van der Waals surface area (Å²) >= 11 is 0. The Hall–Kier alpha value is -1.58. The second-order valence-electron chi connectivity index (χ2n) is 2.83. The number of aromatic nitrogens is 3. The minimum Gasteiger partial charge on any atom is -0.395 e. The molecule has 62 valence electrons. The van der Waals surface area contributed by atoms with Gasteiger partial charge in [-0.2, -0.15) is 5.10 Å². The van der Waals surface area contributed by atoms with E-state index < -0.39 is 0 Å². The van der Waals surface area contributed by atoms with E-state index in [0.717, 1.165) is 16.6 Å². The maximum atomic E-state index is 5.84. The van der Waals surface area contributed by atoms with Gasteiger partial charge in [0.05, 0.1) is 23.1 Å². The van der Waals surface area contributed by atoms with Crippen LogP contribution in [0.5, 0.6) is 0 Å². The van der Waals surface area contributed by atoms with Crippen molar-refractivity contribution in [3.8, 4) is 0 Å². The summed E-state index contributed by atoms with van der Waals surface area (Å²) in [6.45, 7) is 1.89. The van der Waals surface area contributed by atoms with E-state index in [0.29, 0.717) is 5.69 Å². The Balaban J connectivity index is 2.96. The molecule has 0 bridgehead atoms. The first-order valence-electron chi connectivity index (χ1n) is 3.73. The van der Waals surface area contributed by atoms with Gasteiger partial charge in [-0.05, 0) is 6.92 Å². The van der Waals surface area contributed by atoms with E-state index in [1.54, 1.807) is 17.1 Å². The van der Waals surface area contributed by atoms with Crippen LogP contribution < -0.4 is 5.73 Å². The van der Waals surface area contributed by atoms with Crippen LogP contribution in [0.15, 0.2) is 12.4 Å². The summed E-state index contributed by atoms with van der Waals surface area (Å²) in [5.41, 5.74) is 8.37. The second kappa shape index (κ2) is 2.20.